The van der Waals surface area contributed by atoms with Gasteiger partial charge in [-0.05, 0) is 37.0 Å². The Labute approximate surface area is 227 Å². The first-order chi connectivity index (χ1) is 19.1. The molecule has 2 aromatic carbocycles. The van der Waals surface area contributed by atoms with Gasteiger partial charge >= 0.3 is 0 Å². The molecule has 6 rings (SSSR count). The molecule has 1 amide bonds. The minimum absolute atomic E-state index is 0.171. The maximum atomic E-state index is 12.3. The molecule has 3 aliphatic rings. The molecule has 3 fully saturated rings. The summed E-state index contributed by atoms with van der Waals surface area (Å²) >= 11 is 0. The molecular formula is C29H32N6O4. The Kier molecular flexibility index (Phi) is 7.04. The van der Waals surface area contributed by atoms with Crippen molar-refractivity contribution in [1.82, 2.24) is 9.97 Å². The van der Waals surface area contributed by atoms with Gasteiger partial charge in [-0.15, -0.1) is 0 Å². The van der Waals surface area contributed by atoms with Crippen molar-refractivity contribution in [2.24, 2.45) is 0 Å². The van der Waals surface area contributed by atoms with E-state index in [1.165, 1.54) is 18.0 Å². The number of hydroxylamine groups is 1. The molecule has 0 radical (unpaired) electrons. The number of fused-ring (bicyclic) bond motifs is 2. The second-order valence-electron chi connectivity index (χ2n) is 9.94. The third-order valence-corrected chi connectivity index (χ3v) is 7.44. The molecule has 3 aromatic rings. The molecule has 0 spiro atoms. The zero-order chi connectivity index (χ0) is 26.8. The molecule has 39 heavy (non-hydrogen) atoms. The van der Waals surface area contributed by atoms with E-state index in [2.05, 4.69) is 56.3 Å². The number of nitrogens with one attached hydrogen (secondary N) is 2. The van der Waals surface area contributed by atoms with Gasteiger partial charge in [-0.25, -0.2) is 15.0 Å². The van der Waals surface area contributed by atoms with E-state index in [0.717, 1.165) is 31.5 Å². The van der Waals surface area contributed by atoms with E-state index >= 15 is 0 Å². The SMILES string of the molecule is C=CC(=O)Nc1cc(Nc2cc(N3OCC[C@@H]3Cc3ccccc3)ncn2)c(OC)cc1N1C[C@@H]2C[C@H]1CO2. The number of rotatable bonds is 9. The summed E-state index contributed by atoms with van der Waals surface area (Å²) in [6.45, 7) is 5.69. The monoisotopic (exact) mass is 528 g/mol. The minimum atomic E-state index is -0.284. The minimum Gasteiger partial charge on any atom is -0.494 e. The van der Waals surface area contributed by atoms with Gasteiger partial charge in [-0.2, -0.15) is 0 Å². The summed E-state index contributed by atoms with van der Waals surface area (Å²) < 4.78 is 11.5. The van der Waals surface area contributed by atoms with Crippen LogP contribution in [0, 0.1) is 0 Å². The highest BCUT2D eigenvalue weighted by Gasteiger charge is 2.40. The molecule has 202 valence electrons. The number of morpholine rings is 1. The van der Waals surface area contributed by atoms with Crippen LogP contribution in [-0.2, 0) is 20.8 Å². The van der Waals surface area contributed by atoms with Crippen molar-refractivity contribution in [3.8, 4) is 5.75 Å². The number of anilines is 5. The summed E-state index contributed by atoms with van der Waals surface area (Å²) in [4.78, 5) is 29.5. The normalized spacial score (nSPS) is 21.7. The fraction of sp³-hybridized carbons (Fsp3) is 0.345. The van der Waals surface area contributed by atoms with Crippen molar-refractivity contribution < 1.29 is 19.1 Å². The molecule has 3 atom stereocenters. The maximum Gasteiger partial charge on any atom is 0.247 e. The number of nitrogens with zero attached hydrogens (tertiary/aromatic N) is 4. The van der Waals surface area contributed by atoms with E-state index in [1.807, 2.05) is 29.3 Å². The molecule has 2 bridgehead atoms. The number of hydrogen-bond donors (Lipinski definition) is 2. The van der Waals surface area contributed by atoms with Crippen LogP contribution in [0.25, 0.3) is 0 Å². The number of benzene rings is 2. The number of amides is 1. The van der Waals surface area contributed by atoms with Gasteiger partial charge in [0, 0.05) is 18.7 Å². The molecule has 0 unspecified atom stereocenters. The van der Waals surface area contributed by atoms with Crippen LogP contribution >= 0.6 is 0 Å². The van der Waals surface area contributed by atoms with E-state index in [0.29, 0.717) is 42.0 Å². The largest absolute Gasteiger partial charge is 0.494 e. The summed E-state index contributed by atoms with van der Waals surface area (Å²) in [6.07, 6.45) is 5.73. The van der Waals surface area contributed by atoms with Crippen molar-refractivity contribution in [2.45, 2.75) is 37.5 Å². The van der Waals surface area contributed by atoms with E-state index < -0.39 is 0 Å². The zero-order valence-electron chi connectivity index (χ0n) is 21.9. The van der Waals surface area contributed by atoms with Gasteiger partial charge in [-0.1, -0.05) is 36.9 Å². The van der Waals surface area contributed by atoms with Crippen LogP contribution in [0.5, 0.6) is 5.75 Å². The molecule has 0 aliphatic carbocycles. The van der Waals surface area contributed by atoms with Crippen molar-refractivity contribution in [3.63, 3.8) is 0 Å². The summed E-state index contributed by atoms with van der Waals surface area (Å²) in [5.41, 5.74) is 3.47. The maximum absolute atomic E-state index is 12.3. The summed E-state index contributed by atoms with van der Waals surface area (Å²) in [5.74, 6) is 1.60. The van der Waals surface area contributed by atoms with Crippen LogP contribution in [0.1, 0.15) is 18.4 Å². The van der Waals surface area contributed by atoms with Crippen molar-refractivity contribution in [1.29, 1.82) is 0 Å². The first-order valence-electron chi connectivity index (χ1n) is 13.2. The standard InChI is InChI=1S/C29H32N6O4/c1-3-29(36)33-23-13-24(26(37-2)14-25(23)34-16-22-12-21(34)17-38-22)32-27-15-28(31-18-30-27)35-20(9-10-39-35)11-19-7-5-4-6-8-19/h3-8,13-15,18,20-22H,1,9-12,16-17H2,2H3,(H,33,36)(H,30,31,32)/t20-,21+,22+/m1/s1. The second-order valence-corrected chi connectivity index (χ2v) is 9.94. The Morgan fingerprint density at radius 2 is 2.08 bits per heavy atom. The van der Waals surface area contributed by atoms with Crippen LogP contribution in [0.15, 0.2) is 67.5 Å². The first-order valence-corrected chi connectivity index (χ1v) is 13.2. The highest BCUT2D eigenvalue weighted by atomic mass is 16.7. The number of methoxy groups -OCH3 is 1. The molecule has 0 saturated carbocycles. The number of ether oxygens (including phenoxy) is 2. The molecule has 10 nitrogen and oxygen atoms in total. The van der Waals surface area contributed by atoms with E-state index in [1.54, 1.807) is 7.11 Å². The number of hydrogen-bond acceptors (Lipinski definition) is 9. The molecule has 2 N–H and O–H groups in total. The van der Waals surface area contributed by atoms with Crippen LogP contribution in [0.2, 0.25) is 0 Å². The molecule has 3 saturated heterocycles. The summed E-state index contributed by atoms with van der Waals surface area (Å²) in [5, 5.41) is 8.20. The van der Waals surface area contributed by atoms with Gasteiger partial charge in [-0.3, -0.25) is 9.63 Å². The average molecular weight is 529 g/mol. The lowest BCUT2D eigenvalue weighted by atomic mass is 10.0. The predicted molar refractivity (Wildman–Crippen MR) is 150 cm³/mol. The Morgan fingerprint density at radius 1 is 1.21 bits per heavy atom. The van der Waals surface area contributed by atoms with Crippen LogP contribution in [0.4, 0.5) is 28.7 Å². The highest BCUT2D eigenvalue weighted by molar-refractivity contribution is 6.02. The van der Waals surface area contributed by atoms with Crippen molar-refractivity contribution in [2.75, 3.05) is 47.5 Å². The third kappa shape index (κ3) is 5.25. The second kappa shape index (κ2) is 10.9. The molecular weight excluding hydrogens is 496 g/mol. The average Bonchev–Trinajstić information content (AvgIpc) is 3.72. The lowest BCUT2D eigenvalue weighted by Crippen LogP contribution is -2.37. The summed E-state index contributed by atoms with van der Waals surface area (Å²) in [6, 6.07) is 16.5. The number of carbonyl (C=O) groups excluding carboxylic acids is 1. The third-order valence-electron chi connectivity index (χ3n) is 7.44. The van der Waals surface area contributed by atoms with E-state index in [4.69, 9.17) is 14.3 Å². The smallest absolute Gasteiger partial charge is 0.247 e. The van der Waals surface area contributed by atoms with Crippen molar-refractivity contribution in [3.05, 3.63) is 73.1 Å². The van der Waals surface area contributed by atoms with E-state index in [-0.39, 0.29) is 24.1 Å². The van der Waals surface area contributed by atoms with Gasteiger partial charge in [0.1, 0.15) is 17.9 Å². The molecule has 10 heteroatoms. The van der Waals surface area contributed by atoms with E-state index in [9.17, 15) is 4.79 Å². The molecule has 1 aromatic heterocycles. The van der Waals surface area contributed by atoms with Gasteiger partial charge in [0.05, 0.1) is 55.6 Å². The highest BCUT2D eigenvalue weighted by Crippen LogP contribution is 2.43. The lowest BCUT2D eigenvalue weighted by Gasteiger charge is -2.31. The summed E-state index contributed by atoms with van der Waals surface area (Å²) in [7, 11) is 1.63. The molecule has 3 aliphatic heterocycles. The van der Waals surface area contributed by atoms with Gasteiger partial charge in [0.2, 0.25) is 5.91 Å². The van der Waals surface area contributed by atoms with Gasteiger partial charge < -0.3 is 25.0 Å². The van der Waals surface area contributed by atoms with Crippen LogP contribution in [0.3, 0.4) is 0 Å². The van der Waals surface area contributed by atoms with Crippen molar-refractivity contribution >= 4 is 34.6 Å². The Bertz CT molecular complexity index is 1350. The Morgan fingerprint density at radius 3 is 2.82 bits per heavy atom. The number of carbonyl (C=O) groups is 1. The predicted octanol–water partition coefficient (Wildman–Crippen LogP) is 4.08. The van der Waals surface area contributed by atoms with Gasteiger partial charge in [0.25, 0.3) is 0 Å². The topological polar surface area (TPSA) is 101 Å². The fourth-order valence-electron chi connectivity index (χ4n) is 5.56. The quantitative estimate of drug-likeness (QED) is 0.398. The Balaban J connectivity index is 1.27. The first kappa shape index (κ1) is 25.1. The lowest BCUT2D eigenvalue weighted by molar-refractivity contribution is -0.111. The number of aromatic nitrogens is 2. The fourth-order valence-corrected chi connectivity index (χ4v) is 5.56. The molecule has 4 heterocycles. The van der Waals surface area contributed by atoms with Gasteiger partial charge in [0.15, 0.2) is 5.82 Å². The van der Waals surface area contributed by atoms with Crippen LogP contribution in [-0.4, -0.2) is 60.9 Å². The zero-order valence-corrected chi connectivity index (χ0v) is 21.9. The Hall–Kier alpha value is -4.15. The van der Waals surface area contributed by atoms with Crippen LogP contribution < -0.4 is 25.3 Å².